The monoisotopic (exact) mass is 254 g/mol. The van der Waals surface area contributed by atoms with E-state index in [0.29, 0.717) is 0 Å². The van der Waals surface area contributed by atoms with Gasteiger partial charge in [-0.3, -0.25) is 0 Å². The third kappa shape index (κ3) is 2.42. The van der Waals surface area contributed by atoms with E-state index in [4.69, 9.17) is 10.5 Å². The normalized spacial score (nSPS) is 15.5. The third-order valence-corrected chi connectivity index (χ3v) is 3.48. The van der Waals surface area contributed by atoms with Crippen LogP contribution in [0, 0.1) is 0 Å². The predicted octanol–water partition coefficient (Wildman–Crippen LogP) is 2.77. The summed E-state index contributed by atoms with van der Waals surface area (Å²) in [4.78, 5) is 2.32. The number of nitrogens with zero attached hydrogens (tertiary/aromatic N) is 1. The van der Waals surface area contributed by atoms with Crippen molar-refractivity contribution < 1.29 is 4.74 Å². The zero-order chi connectivity index (χ0) is 13.1. The lowest BCUT2D eigenvalue weighted by molar-refractivity contribution is 0.123. The number of hydrogen-bond donors (Lipinski definition) is 1. The van der Waals surface area contributed by atoms with Gasteiger partial charge in [-0.25, -0.2) is 0 Å². The van der Waals surface area contributed by atoms with Crippen LogP contribution in [0.25, 0.3) is 11.1 Å². The van der Waals surface area contributed by atoms with Crippen molar-refractivity contribution in [3.05, 3.63) is 48.5 Å². The summed E-state index contributed by atoms with van der Waals surface area (Å²) in [5.41, 5.74) is 10.6. The van der Waals surface area contributed by atoms with Crippen LogP contribution in [0.3, 0.4) is 0 Å². The van der Waals surface area contributed by atoms with E-state index in [1.54, 1.807) is 0 Å². The van der Waals surface area contributed by atoms with Crippen molar-refractivity contribution in [1.29, 1.82) is 0 Å². The van der Waals surface area contributed by atoms with E-state index in [1.165, 1.54) is 11.1 Å². The molecule has 0 amide bonds. The van der Waals surface area contributed by atoms with Gasteiger partial charge in [0.1, 0.15) is 0 Å². The first-order valence-electron chi connectivity index (χ1n) is 6.63. The molecule has 3 heteroatoms. The fourth-order valence-electron chi connectivity index (χ4n) is 2.55. The molecule has 0 unspecified atom stereocenters. The summed E-state index contributed by atoms with van der Waals surface area (Å²) in [6.45, 7) is 3.33. The Balaban J connectivity index is 2.07. The molecule has 1 heterocycles. The molecule has 2 N–H and O–H groups in total. The van der Waals surface area contributed by atoms with Crippen LogP contribution < -0.4 is 10.6 Å². The zero-order valence-corrected chi connectivity index (χ0v) is 10.9. The highest BCUT2D eigenvalue weighted by Crippen LogP contribution is 2.35. The molecule has 98 valence electrons. The van der Waals surface area contributed by atoms with Gasteiger partial charge in [-0.2, -0.15) is 0 Å². The number of nitrogen functional groups attached to an aromatic ring is 1. The first kappa shape index (κ1) is 12.1. The first-order chi connectivity index (χ1) is 9.36. The van der Waals surface area contributed by atoms with Crippen molar-refractivity contribution >= 4 is 11.4 Å². The fourth-order valence-corrected chi connectivity index (χ4v) is 2.55. The van der Waals surface area contributed by atoms with Gasteiger partial charge < -0.3 is 15.4 Å². The van der Waals surface area contributed by atoms with Crippen LogP contribution in [0.2, 0.25) is 0 Å². The average molecular weight is 254 g/mol. The Morgan fingerprint density at radius 3 is 2.37 bits per heavy atom. The first-order valence-corrected chi connectivity index (χ1v) is 6.63. The maximum Gasteiger partial charge on any atom is 0.0681 e. The van der Waals surface area contributed by atoms with Crippen molar-refractivity contribution in [2.45, 2.75) is 0 Å². The van der Waals surface area contributed by atoms with Crippen LogP contribution >= 0.6 is 0 Å². The summed E-state index contributed by atoms with van der Waals surface area (Å²) in [5.74, 6) is 0. The van der Waals surface area contributed by atoms with Gasteiger partial charge in [-0.1, -0.05) is 42.5 Å². The van der Waals surface area contributed by atoms with Crippen LogP contribution in [0.15, 0.2) is 48.5 Å². The Morgan fingerprint density at radius 1 is 0.895 bits per heavy atom. The highest BCUT2D eigenvalue weighted by atomic mass is 16.5. The maximum absolute atomic E-state index is 6.21. The number of nitrogens with two attached hydrogens (primary N) is 1. The van der Waals surface area contributed by atoms with E-state index in [0.717, 1.165) is 37.7 Å². The van der Waals surface area contributed by atoms with E-state index in [1.807, 2.05) is 18.2 Å². The molecule has 0 saturated carbocycles. The summed E-state index contributed by atoms with van der Waals surface area (Å²) in [7, 11) is 0. The average Bonchev–Trinajstić information content (AvgIpc) is 2.49. The topological polar surface area (TPSA) is 38.5 Å². The Labute approximate surface area is 113 Å². The standard InChI is InChI=1S/C16H18N2O/c17-15-8-4-7-14(13-5-2-1-3-6-13)16(15)18-9-11-19-12-10-18/h1-8H,9-12,17H2. The highest BCUT2D eigenvalue weighted by molar-refractivity contribution is 5.87. The van der Waals surface area contributed by atoms with E-state index in [-0.39, 0.29) is 0 Å². The molecule has 1 saturated heterocycles. The predicted molar refractivity (Wildman–Crippen MR) is 79.3 cm³/mol. The molecular weight excluding hydrogens is 236 g/mol. The molecule has 1 aliphatic rings. The van der Waals surface area contributed by atoms with Gasteiger partial charge in [0.15, 0.2) is 0 Å². The molecule has 0 radical (unpaired) electrons. The SMILES string of the molecule is Nc1cccc(-c2ccccc2)c1N1CCOCC1. The lowest BCUT2D eigenvalue weighted by atomic mass is 10.0. The lowest BCUT2D eigenvalue weighted by Crippen LogP contribution is -2.37. The number of para-hydroxylation sites is 1. The summed E-state index contributed by atoms with van der Waals surface area (Å²) < 4.78 is 5.42. The molecule has 0 aromatic heterocycles. The number of hydrogen-bond acceptors (Lipinski definition) is 3. The number of anilines is 2. The Kier molecular flexibility index (Phi) is 3.38. The van der Waals surface area contributed by atoms with Crippen molar-refractivity contribution in [2.24, 2.45) is 0 Å². The van der Waals surface area contributed by atoms with Crippen molar-refractivity contribution in [1.82, 2.24) is 0 Å². The fraction of sp³-hybridized carbons (Fsp3) is 0.250. The molecular formula is C16H18N2O. The van der Waals surface area contributed by atoms with E-state index in [2.05, 4.69) is 35.2 Å². The second-order valence-electron chi connectivity index (χ2n) is 4.71. The number of ether oxygens (including phenoxy) is 1. The van der Waals surface area contributed by atoms with E-state index < -0.39 is 0 Å². The van der Waals surface area contributed by atoms with Gasteiger partial charge in [0.2, 0.25) is 0 Å². The largest absolute Gasteiger partial charge is 0.397 e. The summed E-state index contributed by atoms with van der Waals surface area (Å²) in [6, 6.07) is 16.5. The van der Waals surface area contributed by atoms with Gasteiger partial charge in [0.25, 0.3) is 0 Å². The summed E-state index contributed by atoms with van der Waals surface area (Å²) >= 11 is 0. The van der Waals surface area contributed by atoms with Crippen LogP contribution in [-0.4, -0.2) is 26.3 Å². The molecule has 1 aliphatic heterocycles. The molecule has 2 aromatic rings. The highest BCUT2D eigenvalue weighted by Gasteiger charge is 2.17. The van der Waals surface area contributed by atoms with Gasteiger partial charge >= 0.3 is 0 Å². The van der Waals surface area contributed by atoms with E-state index >= 15 is 0 Å². The third-order valence-electron chi connectivity index (χ3n) is 3.48. The second kappa shape index (κ2) is 5.33. The van der Waals surface area contributed by atoms with Crippen LogP contribution in [0.5, 0.6) is 0 Å². The van der Waals surface area contributed by atoms with Crippen molar-refractivity contribution in [3.63, 3.8) is 0 Å². The maximum atomic E-state index is 6.21. The van der Waals surface area contributed by atoms with E-state index in [9.17, 15) is 0 Å². The van der Waals surface area contributed by atoms with Crippen molar-refractivity contribution in [3.8, 4) is 11.1 Å². The van der Waals surface area contributed by atoms with Gasteiger partial charge in [0.05, 0.1) is 24.6 Å². The molecule has 0 atom stereocenters. The molecule has 0 bridgehead atoms. The minimum Gasteiger partial charge on any atom is -0.397 e. The van der Waals surface area contributed by atoms with Gasteiger partial charge in [-0.05, 0) is 11.6 Å². The number of rotatable bonds is 2. The van der Waals surface area contributed by atoms with Gasteiger partial charge in [-0.15, -0.1) is 0 Å². The minimum absolute atomic E-state index is 0.766. The molecule has 0 spiro atoms. The van der Waals surface area contributed by atoms with Crippen LogP contribution in [-0.2, 0) is 4.74 Å². The molecule has 2 aromatic carbocycles. The Bertz CT molecular complexity index is 548. The quantitative estimate of drug-likeness (QED) is 0.837. The molecule has 3 nitrogen and oxygen atoms in total. The number of benzene rings is 2. The molecule has 3 rings (SSSR count). The van der Waals surface area contributed by atoms with Gasteiger partial charge in [0, 0.05) is 18.7 Å². The molecule has 1 fully saturated rings. The van der Waals surface area contributed by atoms with Crippen LogP contribution in [0.1, 0.15) is 0 Å². The number of morpholine rings is 1. The van der Waals surface area contributed by atoms with Crippen LogP contribution in [0.4, 0.5) is 11.4 Å². The van der Waals surface area contributed by atoms with Crippen molar-refractivity contribution in [2.75, 3.05) is 36.9 Å². The Morgan fingerprint density at radius 2 is 1.63 bits per heavy atom. The zero-order valence-electron chi connectivity index (χ0n) is 10.9. The Hall–Kier alpha value is -2.00. The minimum atomic E-state index is 0.766. The smallest absolute Gasteiger partial charge is 0.0681 e. The lowest BCUT2D eigenvalue weighted by Gasteiger charge is -2.31. The second-order valence-corrected chi connectivity index (χ2v) is 4.71. The molecule has 19 heavy (non-hydrogen) atoms. The summed E-state index contributed by atoms with van der Waals surface area (Å²) in [5, 5.41) is 0. The summed E-state index contributed by atoms with van der Waals surface area (Å²) in [6.07, 6.45) is 0. The molecule has 0 aliphatic carbocycles.